The van der Waals surface area contributed by atoms with Crippen LogP contribution in [0.3, 0.4) is 0 Å². The first-order valence-corrected chi connectivity index (χ1v) is 4.78. The maximum atomic E-state index is 11.3. The predicted molar refractivity (Wildman–Crippen MR) is 54.3 cm³/mol. The van der Waals surface area contributed by atoms with E-state index in [2.05, 4.69) is 9.72 Å². The van der Waals surface area contributed by atoms with Crippen LogP contribution in [-0.4, -0.2) is 18.1 Å². The Morgan fingerprint density at radius 3 is 2.60 bits per heavy atom. The van der Waals surface area contributed by atoms with E-state index in [4.69, 9.17) is 10.2 Å². The lowest BCUT2D eigenvalue weighted by atomic mass is 10.1. The summed E-state index contributed by atoms with van der Waals surface area (Å²) in [6.07, 6.45) is 0. The van der Waals surface area contributed by atoms with Gasteiger partial charge in [-0.05, 0) is 12.8 Å². The van der Waals surface area contributed by atoms with E-state index in [0.717, 1.165) is 0 Å². The maximum Gasteiger partial charge on any atom is 0.360 e. The van der Waals surface area contributed by atoms with E-state index >= 15 is 0 Å². The monoisotopic (exact) mass is 212 g/mol. The second-order valence-electron chi connectivity index (χ2n) is 3.72. The van der Waals surface area contributed by atoms with Crippen LogP contribution >= 0.6 is 0 Å². The molecule has 1 rings (SSSR count). The number of nitrogens with zero attached hydrogens (tertiary/aromatic N) is 1. The second-order valence-corrected chi connectivity index (χ2v) is 3.72. The highest BCUT2D eigenvalue weighted by molar-refractivity contribution is 5.88. The van der Waals surface area contributed by atoms with Crippen molar-refractivity contribution in [1.29, 1.82) is 0 Å². The summed E-state index contributed by atoms with van der Waals surface area (Å²) in [5.74, 6) is 0.517. The highest BCUT2D eigenvalue weighted by atomic mass is 16.5. The number of carbonyl (C=O) groups excluding carboxylic acids is 1. The van der Waals surface area contributed by atoms with E-state index in [1.807, 2.05) is 13.8 Å². The maximum absolute atomic E-state index is 11.3. The van der Waals surface area contributed by atoms with Gasteiger partial charge in [0, 0.05) is 0 Å². The summed E-state index contributed by atoms with van der Waals surface area (Å²) in [6, 6.07) is -0.304. The van der Waals surface area contributed by atoms with Gasteiger partial charge in [0.1, 0.15) is 5.76 Å². The lowest BCUT2D eigenvalue weighted by molar-refractivity contribution is 0.0593. The molecule has 0 aromatic carbocycles. The van der Waals surface area contributed by atoms with Crippen LogP contribution in [-0.2, 0) is 4.74 Å². The van der Waals surface area contributed by atoms with E-state index in [-0.39, 0.29) is 17.7 Å². The first-order chi connectivity index (χ1) is 6.97. The fraction of sp³-hybridized carbons (Fsp3) is 0.600. The summed E-state index contributed by atoms with van der Waals surface area (Å²) < 4.78 is 9.89. The SMILES string of the molecule is COC(=O)c1nc([C@H](N)C(C)C)oc1C. The van der Waals surface area contributed by atoms with Gasteiger partial charge in [0.25, 0.3) is 0 Å². The fourth-order valence-electron chi connectivity index (χ4n) is 1.13. The van der Waals surface area contributed by atoms with Gasteiger partial charge in [0.15, 0.2) is 5.69 Å². The molecule has 0 aliphatic rings. The average Bonchev–Trinajstić information content (AvgIpc) is 2.57. The summed E-state index contributed by atoms with van der Waals surface area (Å²) in [6.45, 7) is 5.58. The van der Waals surface area contributed by atoms with Crippen LogP contribution in [0.2, 0.25) is 0 Å². The van der Waals surface area contributed by atoms with Crippen LogP contribution in [0.1, 0.15) is 42.0 Å². The zero-order valence-corrected chi connectivity index (χ0v) is 9.40. The van der Waals surface area contributed by atoms with E-state index < -0.39 is 5.97 Å². The van der Waals surface area contributed by atoms with Gasteiger partial charge in [-0.15, -0.1) is 0 Å². The Hall–Kier alpha value is -1.36. The van der Waals surface area contributed by atoms with Crippen molar-refractivity contribution >= 4 is 5.97 Å². The molecule has 15 heavy (non-hydrogen) atoms. The van der Waals surface area contributed by atoms with E-state index in [1.54, 1.807) is 6.92 Å². The molecule has 0 amide bonds. The van der Waals surface area contributed by atoms with Crippen molar-refractivity contribution in [3.05, 3.63) is 17.3 Å². The summed E-state index contributed by atoms with van der Waals surface area (Å²) in [4.78, 5) is 15.3. The molecule has 84 valence electrons. The molecule has 0 bridgehead atoms. The zero-order chi connectivity index (χ0) is 11.6. The van der Waals surface area contributed by atoms with Crippen LogP contribution in [0.5, 0.6) is 0 Å². The molecule has 1 atom stereocenters. The minimum Gasteiger partial charge on any atom is -0.464 e. The summed E-state index contributed by atoms with van der Waals surface area (Å²) in [5.41, 5.74) is 6.05. The van der Waals surface area contributed by atoms with Crippen molar-refractivity contribution < 1.29 is 13.9 Å². The first-order valence-electron chi connectivity index (χ1n) is 4.78. The molecule has 0 unspecified atom stereocenters. The molecule has 0 spiro atoms. The van der Waals surface area contributed by atoms with Crippen molar-refractivity contribution in [3.63, 3.8) is 0 Å². The first kappa shape index (κ1) is 11.7. The Morgan fingerprint density at radius 1 is 1.53 bits per heavy atom. The molecule has 0 radical (unpaired) electrons. The standard InChI is InChI=1S/C10H16N2O3/c1-5(2)7(11)9-12-8(6(3)15-9)10(13)14-4/h5,7H,11H2,1-4H3/t7-/m1/s1. The number of aryl methyl sites for hydroxylation is 1. The normalized spacial score (nSPS) is 12.9. The van der Waals surface area contributed by atoms with Gasteiger partial charge in [-0.2, -0.15) is 0 Å². The second kappa shape index (κ2) is 4.44. The number of hydrogen-bond acceptors (Lipinski definition) is 5. The van der Waals surface area contributed by atoms with Crippen LogP contribution in [0.4, 0.5) is 0 Å². The minimum atomic E-state index is -0.501. The molecular formula is C10H16N2O3. The minimum absolute atomic E-state index is 0.198. The number of ether oxygens (including phenoxy) is 1. The van der Waals surface area contributed by atoms with Crippen LogP contribution in [0.15, 0.2) is 4.42 Å². The smallest absolute Gasteiger partial charge is 0.360 e. The lowest BCUT2D eigenvalue weighted by Gasteiger charge is -2.10. The number of rotatable bonds is 3. The number of hydrogen-bond donors (Lipinski definition) is 1. The van der Waals surface area contributed by atoms with Crippen molar-refractivity contribution in [2.45, 2.75) is 26.8 Å². The van der Waals surface area contributed by atoms with Gasteiger partial charge in [0.05, 0.1) is 13.2 Å². The number of carbonyl (C=O) groups is 1. The Labute approximate surface area is 88.6 Å². The molecular weight excluding hydrogens is 196 g/mol. The molecule has 0 aliphatic heterocycles. The highest BCUT2D eigenvalue weighted by Crippen LogP contribution is 2.21. The van der Waals surface area contributed by atoms with E-state index in [9.17, 15) is 4.79 Å². The number of nitrogens with two attached hydrogens (primary N) is 1. The fourth-order valence-corrected chi connectivity index (χ4v) is 1.13. The largest absolute Gasteiger partial charge is 0.464 e. The van der Waals surface area contributed by atoms with E-state index in [1.165, 1.54) is 7.11 Å². The van der Waals surface area contributed by atoms with Crippen LogP contribution < -0.4 is 5.73 Å². The van der Waals surface area contributed by atoms with Gasteiger partial charge < -0.3 is 14.9 Å². The van der Waals surface area contributed by atoms with Gasteiger partial charge in [-0.25, -0.2) is 9.78 Å². The van der Waals surface area contributed by atoms with Crippen LogP contribution in [0.25, 0.3) is 0 Å². The average molecular weight is 212 g/mol. The third-order valence-electron chi connectivity index (χ3n) is 2.20. The van der Waals surface area contributed by atoms with Crippen molar-refractivity contribution in [2.24, 2.45) is 11.7 Å². The molecule has 0 saturated heterocycles. The van der Waals surface area contributed by atoms with Crippen LogP contribution in [0, 0.1) is 12.8 Å². The number of oxazole rings is 1. The Bertz CT molecular complexity index is 358. The third kappa shape index (κ3) is 2.36. The van der Waals surface area contributed by atoms with Crippen molar-refractivity contribution in [2.75, 3.05) is 7.11 Å². The van der Waals surface area contributed by atoms with Crippen molar-refractivity contribution in [1.82, 2.24) is 4.98 Å². The lowest BCUT2D eigenvalue weighted by Crippen LogP contribution is -2.17. The van der Waals surface area contributed by atoms with Crippen molar-refractivity contribution in [3.8, 4) is 0 Å². The van der Waals surface area contributed by atoms with Gasteiger partial charge in [-0.3, -0.25) is 0 Å². The summed E-state index contributed by atoms with van der Waals surface area (Å²) >= 11 is 0. The molecule has 0 saturated carbocycles. The number of esters is 1. The van der Waals surface area contributed by atoms with Gasteiger partial charge >= 0.3 is 5.97 Å². The third-order valence-corrected chi connectivity index (χ3v) is 2.20. The number of methoxy groups -OCH3 is 1. The predicted octanol–water partition coefficient (Wildman–Crippen LogP) is 1.43. The summed E-state index contributed by atoms with van der Waals surface area (Å²) in [7, 11) is 1.30. The molecule has 0 fully saturated rings. The van der Waals surface area contributed by atoms with Gasteiger partial charge in [-0.1, -0.05) is 13.8 Å². The Balaban J connectivity index is 3.00. The molecule has 1 aromatic heterocycles. The molecule has 1 aromatic rings. The molecule has 5 nitrogen and oxygen atoms in total. The highest BCUT2D eigenvalue weighted by Gasteiger charge is 2.22. The Kier molecular flexibility index (Phi) is 3.47. The number of aromatic nitrogens is 1. The topological polar surface area (TPSA) is 78.3 Å². The zero-order valence-electron chi connectivity index (χ0n) is 9.40. The van der Waals surface area contributed by atoms with Gasteiger partial charge in [0.2, 0.25) is 5.89 Å². The molecule has 1 heterocycles. The summed E-state index contributed by atoms with van der Waals surface area (Å²) in [5, 5.41) is 0. The molecule has 2 N–H and O–H groups in total. The molecule has 0 aliphatic carbocycles. The molecule has 5 heteroatoms. The Morgan fingerprint density at radius 2 is 2.13 bits per heavy atom. The van der Waals surface area contributed by atoms with E-state index in [0.29, 0.717) is 11.7 Å². The quantitative estimate of drug-likeness (QED) is 0.767.